The lowest BCUT2D eigenvalue weighted by molar-refractivity contribution is -0.159. The molecule has 0 amide bonds. The minimum atomic E-state index is -0.425. The molecule has 0 saturated carbocycles. The maximum atomic E-state index is 12.0. The summed E-state index contributed by atoms with van der Waals surface area (Å²) in [6.45, 7) is 29.8. The summed E-state index contributed by atoms with van der Waals surface area (Å²) in [5.74, 6) is 3.93. The van der Waals surface area contributed by atoms with Gasteiger partial charge in [-0.05, 0) is 99.6 Å². The first-order chi connectivity index (χ1) is 30.4. The SMILES string of the molecule is C=Cc1ccc(COCCSCC(C)C(=O)OC(C)(C)C)cc1.C=Cc1ccccc1.CCC(CC(C)c1ccc(COCCSCC(C)C(=O)OC(C)(C)C)cc1)c1ccccc1. The first-order valence-electron chi connectivity index (χ1n) is 22.7. The fourth-order valence-corrected chi connectivity index (χ4v) is 7.97. The third kappa shape index (κ3) is 25.4. The number of hydrogen-bond donors (Lipinski definition) is 0. The van der Waals surface area contributed by atoms with Gasteiger partial charge in [-0.3, -0.25) is 9.59 Å². The standard InChI is InChI=1S/C29H42O3S.C19H28O3S.C8H8/c1-7-25(27-11-9-8-10-12-27)19-22(2)26-15-13-24(14-16-26)20-31-17-18-33-21-23(3)28(30)32-29(4,5)6;1-6-16-7-9-17(10-8-16)13-21-11-12-23-14-15(2)18(20)22-19(3,4)5;1-2-8-6-4-3-5-7-8/h8-16,22-23,25H,7,17-21H2,1-6H3;6-10,15H,1,11-14H2,2-5H3;2-7H,1H2. The van der Waals surface area contributed by atoms with E-state index in [9.17, 15) is 9.59 Å². The molecule has 0 bridgehead atoms. The molecule has 0 aliphatic heterocycles. The number of thioether (sulfide) groups is 2. The number of carbonyl (C=O) groups is 2. The molecule has 0 aliphatic carbocycles. The van der Waals surface area contributed by atoms with Crippen molar-refractivity contribution >= 4 is 47.6 Å². The minimum absolute atomic E-state index is 0.0920. The van der Waals surface area contributed by atoms with Crippen LogP contribution in [0.25, 0.3) is 12.2 Å². The van der Waals surface area contributed by atoms with Crippen molar-refractivity contribution in [3.05, 3.63) is 156 Å². The summed E-state index contributed by atoms with van der Waals surface area (Å²) in [6.07, 6.45) is 5.98. The zero-order chi connectivity index (χ0) is 47.4. The lowest BCUT2D eigenvalue weighted by Gasteiger charge is -2.22. The molecule has 4 atom stereocenters. The van der Waals surface area contributed by atoms with Gasteiger partial charge in [-0.25, -0.2) is 0 Å². The van der Waals surface area contributed by atoms with Crippen LogP contribution in [0.3, 0.4) is 0 Å². The van der Waals surface area contributed by atoms with Crippen molar-refractivity contribution in [2.45, 2.75) is 118 Å². The second-order valence-corrected chi connectivity index (χ2v) is 20.4. The Morgan fingerprint density at radius 2 is 0.984 bits per heavy atom. The molecule has 0 heterocycles. The maximum absolute atomic E-state index is 12.0. The molecule has 350 valence electrons. The Balaban J connectivity index is 0.000000390. The van der Waals surface area contributed by atoms with Crippen LogP contribution in [0, 0.1) is 11.8 Å². The molecular weight excluding hydrogens is 833 g/mol. The van der Waals surface area contributed by atoms with E-state index in [1.165, 1.54) is 22.3 Å². The van der Waals surface area contributed by atoms with Crippen molar-refractivity contribution in [3.63, 3.8) is 0 Å². The number of carbonyl (C=O) groups excluding carboxylic acids is 2. The van der Waals surface area contributed by atoms with Crippen molar-refractivity contribution in [2.24, 2.45) is 11.8 Å². The largest absolute Gasteiger partial charge is 0.460 e. The normalized spacial score (nSPS) is 13.1. The van der Waals surface area contributed by atoms with Gasteiger partial charge in [0.2, 0.25) is 0 Å². The van der Waals surface area contributed by atoms with E-state index in [1.54, 1.807) is 23.5 Å². The van der Waals surface area contributed by atoms with Crippen LogP contribution in [0.2, 0.25) is 0 Å². The molecule has 0 saturated heterocycles. The molecule has 6 nitrogen and oxygen atoms in total. The summed E-state index contributed by atoms with van der Waals surface area (Å²) in [7, 11) is 0. The molecule has 0 fully saturated rings. The highest BCUT2D eigenvalue weighted by Crippen LogP contribution is 2.32. The molecule has 8 heteroatoms. The van der Waals surface area contributed by atoms with Crippen LogP contribution in [0.5, 0.6) is 0 Å². The fraction of sp³-hybridized carbons (Fsp3) is 0.464. The number of hydrogen-bond acceptors (Lipinski definition) is 8. The molecule has 0 aromatic heterocycles. The predicted molar refractivity (Wildman–Crippen MR) is 276 cm³/mol. The van der Waals surface area contributed by atoms with Gasteiger partial charge >= 0.3 is 11.9 Å². The van der Waals surface area contributed by atoms with Crippen molar-refractivity contribution < 1.29 is 28.5 Å². The van der Waals surface area contributed by atoms with Gasteiger partial charge in [0.25, 0.3) is 0 Å². The average molecular weight is 911 g/mol. The van der Waals surface area contributed by atoms with Gasteiger partial charge in [0.15, 0.2) is 0 Å². The molecule has 0 aliphatic rings. The smallest absolute Gasteiger partial charge is 0.310 e. The molecule has 4 rings (SSSR count). The van der Waals surface area contributed by atoms with Crippen LogP contribution >= 0.6 is 23.5 Å². The number of esters is 2. The Morgan fingerprint density at radius 3 is 1.38 bits per heavy atom. The van der Waals surface area contributed by atoms with Gasteiger partial charge in [0, 0.05) is 23.0 Å². The summed E-state index contributed by atoms with van der Waals surface area (Å²) in [5, 5.41) is 0. The Bertz CT molecular complexity index is 1870. The van der Waals surface area contributed by atoms with Crippen molar-refractivity contribution in [3.8, 4) is 0 Å². The Morgan fingerprint density at radius 1 is 0.578 bits per heavy atom. The molecule has 0 N–H and O–H groups in total. The van der Waals surface area contributed by atoms with Crippen LogP contribution in [0.1, 0.15) is 127 Å². The van der Waals surface area contributed by atoms with E-state index >= 15 is 0 Å². The van der Waals surface area contributed by atoms with E-state index in [-0.39, 0.29) is 23.8 Å². The molecule has 4 aromatic carbocycles. The first kappa shape index (κ1) is 56.1. The van der Waals surface area contributed by atoms with Gasteiger partial charge in [-0.1, -0.05) is 162 Å². The third-order valence-corrected chi connectivity index (χ3v) is 12.2. The van der Waals surface area contributed by atoms with Crippen molar-refractivity contribution in [2.75, 3.05) is 36.2 Å². The molecule has 0 radical (unpaired) electrons. The van der Waals surface area contributed by atoms with E-state index in [0.29, 0.717) is 38.3 Å². The van der Waals surface area contributed by atoms with Crippen LogP contribution < -0.4 is 0 Å². The first-order valence-corrected chi connectivity index (χ1v) is 25.0. The molecule has 0 spiro atoms. The minimum Gasteiger partial charge on any atom is -0.460 e. The summed E-state index contributed by atoms with van der Waals surface area (Å²) in [5.41, 5.74) is 6.63. The Hall–Kier alpha value is -4.08. The molecule has 64 heavy (non-hydrogen) atoms. The zero-order valence-corrected chi connectivity index (χ0v) is 42.2. The average Bonchev–Trinajstić information content (AvgIpc) is 3.27. The topological polar surface area (TPSA) is 71.1 Å². The highest BCUT2D eigenvalue weighted by atomic mass is 32.2. The van der Waals surface area contributed by atoms with Crippen molar-refractivity contribution in [1.82, 2.24) is 0 Å². The van der Waals surface area contributed by atoms with Crippen LogP contribution in [-0.4, -0.2) is 59.4 Å². The third-order valence-electron chi connectivity index (χ3n) is 9.84. The molecule has 4 aromatic rings. The van der Waals surface area contributed by atoms with Gasteiger partial charge < -0.3 is 18.9 Å². The quantitative estimate of drug-likeness (QED) is 0.0538. The van der Waals surface area contributed by atoms with Gasteiger partial charge in [0.05, 0.1) is 38.3 Å². The number of ether oxygens (including phenoxy) is 4. The van der Waals surface area contributed by atoms with Crippen LogP contribution in [-0.2, 0) is 41.8 Å². The second kappa shape index (κ2) is 30.9. The lowest BCUT2D eigenvalue weighted by atomic mass is 9.84. The van der Waals surface area contributed by atoms with E-state index in [0.717, 1.165) is 47.0 Å². The van der Waals surface area contributed by atoms with Crippen LogP contribution in [0.4, 0.5) is 0 Å². The van der Waals surface area contributed by atoms with Gasteiger partial charge in [-0.2, -0.15) is 23.5 Å². The number of benzene rings is 4. The summed E-state index contributed by atoms with van der Waals surface area (Å²) in [4.78, 5) is 23.9. The van der Waals surface area contributed by atoms with E-state index in [1.807, 2.05) is 110 Å². The van der Waals surface area contributed by atoms with Gasteiger partial charge in [-0.15, -0.1) is 0 Å². The zero-order valence-electron chi connectivity index (χ0n) is 40.6. The summed E-state index contributed by atoms with van der Waals surface area (Å²) in [6, 6.07) is 37.9. The Kier molecular flexibility index (Phi) is 27.1. The highest BCUT2D eigenvalue weighted by Gasteiger charge is 2.22. The number of rotatable bonds is 23. The van der Waals surface area contributed by atoms with Crippen LogP contribution in [0.15, 0.2) is 122 Å². The predicted octanol–water partition coefficient (Wildman–Crippen LogP) is 14.5. The Labute approximate surface area is 396 Å². The molecular formula is C56H78O6S2. The monoisotopic (exact) mass is 911 g/mol. The van der Waals surface area contributed by atoms with E-state index in [2.05, 4.69) is 93.7 Å². The fourth-order valence-electron chi connectivity index (χ4n) is 6.18. The molecule has 4 unspecified atom stereocenters. The lowest BCUT2D eigenvalue weighted by Crippen LogP contribution is -2.28. The highest BCUT2D eigenvalue weighted by molar-refractivity contribution is 7.99. The maximum Gasteiger partial charge on any atom is 0.310 e. The summed E-state index contributed by atoms with van der Waals surface area (Å²) < 4.78 is 22.3. The van der Waals surface area contributed by atoms with Crippen molar-refractivity contribution in [1.29, 1.82) is 0 Å². The second-order valence-electron chi connectivity index (χ2n) is 18.1. The van der Waals surface area contributed by atoms with Gasteiger partial charge in [0.1, 0.15) is 11.2 Å². The van der Waals surface area contributed by atoms with E-state index < -0.39 is 11.2 Å². The summed E-state index contributed by atoms with van der Waals surface area (Å²) >= 11 is 3.46. The van der Waals surface area contributed by atoms with E-state index in [4.69, 9.17) is 18.9 Å².